The second-order valence-electron chi connectivity index (χ2n) is 3.78. The van der Waals surface area contributed by atoms with Crippen molar-refractivity contribution in [3.63, 3.8) is 0 Å². The van der Waals surface area contributed by atoms with Crippen LogP contribution >= 0.6 is 0 Å². The molecule has 0 aliphatic carbocycles. The molecule has 0 atom stereocenters. The average Bonchev–Trinajstić information content (AvgIpc) is 2.16. The third-order valence-corrected chi connectivity index (χ3v) is 2.43. The summed E-state index contributed by atoms with van der Waals surface area (Å²) in [5.41, 5.74) is 0. The van der Waals surface area contributed by atoms with Crippen LogP contribution in [-0.4, -0.2) is 95.0 Å². The van der Waals surface area contributed by atoms with Gasteiger partial charge in [-0.3, -0.25) is 0 Å². The predicted octanol–water partition coefficient (Wildman–Crippen LogP) is 2.16. The molecule has 0 aromatic carbocycles. The number of carbonyl (C=O) groups excluding carboxylic acids is 1. The SMILES string of the molecule is CCCCCCCCCCCC=O.[NaH].[NaH].[NaH]. The second-order valence-corrected chi connectivity index (χ2v) is 3.78. The van der Waals surface area contributed by atoms with Crippen molar-refractivity contribution in [2.75, 3.05) is 0 Å². The zero-order chi connectivity index (χ0) is 9.78. The van der Waals surface area contributed by atoms with E-state index in [1.165, 1.54) is 51.4 Å². The van der Waals surface area contributed by atoms with E-state index in [0.717, 1.165) is 19.1 Å². The van der Waals surface area contributed by atoms with Crippen molar-refractivity contribution in [1.29, 1.82) is 0 Å². The Hall–Kier alpha value is 2.67. The number of rotatable bonds is 10. The zero-order valence-electron chi connectivity index (χ0n) is 9.06. The van der Waals surface area contributed by atoms with Crippen LogP contribution in [0.25, 0.3) is 0 Å². The molecule has 0 heterocycles. The number of carbonyl (C=O) groups is 1. The van der Waals surface area contributed by atoms with E-state index in [4.69, 9.17) is 0 Å². The molecule has 0 bridgehead atoms. The zero-order valence-corrected chi connectivity index (χ0v) is 9.06. The molecule has 0 unspecified atom stereocenters. The number of unbranched alkanes of at least 4 members (excludes halogenated alkanes) is 9. The van der Waals surface area contributed by atoms with Crippen LogP contribution in [0.4, 0.5) is 0 Å². The van der Waals surface area contributed by atoms with Crippen molar-refractivity contribution < 1.29 is 4.79 Å². The van der Waals surface area contributed by atoms with E-state index >= 15 is 0 Å². The van der Waals surface area contributed by atoms with E-state index in [1.54, 1.807) is 0 Å². The number of hydrogen-bond donors (Lipinski definition) is 0. The first-order valence-electron chi connectivity index (χ1n) is 5.85. The maximum atomic E-state index is 10.0. The molecule has 0 fully saturated rings. The summed E-state index contributed by atoms with van der Waals surface area (Å²) in [5.74, 6) is 0. The van der Waals surface area contributed by atoms with E-state index in [2.05, 4.69) is 6.92 Å². The Morgan fingerprint density at radius 2 is 1.06 bits per heavy atom. The Morgan fingerprint density at radius 1 is 0.688 bits per heavy atom. The summed E-state index contributed by atoms with van der Waals surface area (Å²) in [6, 6.07) is 0. The maximum absolute atomic E-state index is 10.0. The van der Waals surface area contributed by atoms with Crippen LogP contribution in [0, 0.1) is 0 Å². The van der Waals surface area contributed by atoms with Crippen molar-refractivity contribution in [3.05, 3.63) is 0 Å². The molecule has 0 rings (SSSR count). The summed E-state index contributed by atoms with van der Waals surface area (Å²) in [6.45, 7) is 2.25. The van der Waals surface area contributed by atoms with Gasteiger partial charge in [0.2, 0.25) is 0 Å². The van der Waals surface area contributed by atoms with Gasteiger partial charge in [0, 0.05) is 6.42 Å². The quantitative estimate of drug-likeness (QED) is 0.332. The molecule has 1 nitrogen and oxygen atoms in total. The van der Waals surface area contributed by atoms with E-state index in [-0.39, 0.29) is 88.7 Å². The fraction of sp³-hybridized carbons (Fsp3) is 0.917. The molecule has 0 radical (unpaired) electrons. The van der Waals surface area contributed by atoms with Crippen molar-refractivity contribution >= 4 is 95.0 Å². The van der Waals surface area contributed by atoms with Gasteiger partial charge in [0.15, 0.2) is 0 Å². The van der Waals surface area contributed by atoms with Crippen molar-refractivity contribution in [3.8, 4) is 0 Å². The molecule has 0 amide bonds. The fourth-order valence-corrected chi connectivity index (χ4v) is 1.54. The normalized spacial score (nSPS) is 8.31. The van der Waals surface area contributed by atoms with Gasteiger partial charge in [0.1, 0.15) is 6.29 Å². The van der Waals surface area contributed by atoms with Gasteiger partial charge >= 0.3 is 88.7 Å². The first-order chi connectivity index (χ1) is 6.41. The Labute approximate surface area is 168 Å². The molecule has 0 N–H and O–H groups in total. The molecule has 0 aromatic heterocycles. The second kappa shape index (κ2) is 26.3. The Bertz CT molecular complexity index is 110. The molecule has 16 heavy (non-hydrogen) atoms. The van der Waals surface area contributed by atoms with Crippen molar-refractivity contribution in [1.82, 2.24) is 0 Å². The molecule has 0 aliphatic rings. The van der Waals surface area contributed by atoms with Gasteiger partial charge < -0.3 is 4.79 Å². The summed E-state index contributed by atoms with van der Waals surface area (Å²) in [5, 5.41) is 0. The van der Waals surface area contributed by atoms with Crippen LogP contribution in [0.3, 0.4) is 0 Å². The van der Waals surface area contributed by atoms with Crippen LogP contribution in [0.15, 0.2) is 0 Å². The summed E-state index contributed by atoms with van der Waals surface area (Å²) >= 11 is 0. The van der Waals surface area contributed by atoms with Crippen LogP contribution in [0.5, 0.6) is 0 Å². The molecule has 0 aliphatic heterocycles. The molecule has 0 aromatic rings. The average molecular weight is 256 g/mol. The van der Waals surface area contributed by atoms with E-state index < -0.39 is 0 Å². The van der Waals surface area contributed by atoms with Gasteiger partial charge in [0.05, 0.1) is 0 Å². The van der Waals surface area contributed by atoms with Crippen molar-refractivity contribution in [2.24, 2.45) is 0 Å². The van der Waals surface area contributed by atoms with E-state index in [0.29, 0.717) is 0 Å². The fourth-order valence-electron chi connectivity index (χ4n) is 1.54. The molecule has 0 saturated carbocycles. The molecule has 4 heteroatoms. The topological polar surface area (TPSA) is 17.1 Å². The monoisotopic (exact) mass is 256 g/mol. The summed E-state index contributed by atoms with van der Waals surface area (Å²) in [7, 11) is 0. The van der Waals surface area contributed by atoms with Crippen LogP contribution in [0.1, 0.15) is 71.1 Å². The summed E-state index contributed by atoms with van der Waals surface area (Å²) in [4.78, 5) is 10.0. The summed E-state index contributed by atoms with van der Waals surface area (Å²) < 4.78 is 0. The Balaban J connectivity index is -0.000000240. The predicted molar refractivity (Wildman–Crippen MR) is 79.4 cm³/mol. The third-order valence-electron chi connectivity index (χ3n) is 2.43. The third kappa shape index (κ3) is 25.5. The first kappa shape index (κ1) is 27.1. The number of hydrogen-bond acceptors (Lipinski definition) is 1. The Kier molecular flexibility index (Phi) is 44.5. The molecule has 0 saturated heterocycles. The standard InChI is InChI=1S/C12H24O.3Na.3H/c1-2-3-4-5-6-7-8-9-10-11-12-13;;;;;;/h12H,2-11H2,1H3;;;;;;. The van der Waals surface area contributed by atoms with E-state index in [9.17, 15) is 4.79 Å². The van der Waals surface area contributed by atoms with Crippen LogP contribution in [-0.2, 0) is 4.79 Å². The molecular formula is C12H27Na3O. The molecule has 84 valence electrons. The van der Waals surface area contributed by atoms with Crippen LogP contribution < -0.4 is 0 Å². The summed E-state index contributed by atoms with van der Waals surface area (Å²) in [6.07, 6.45) is 13.7. The van der Waals surface area contributed by atoms with Gasteiger partial charge in [-0.2, -0.15) is 0 Å². The van der Waals surface area contributed by atoms with Crippen molar-refractivity contribution in [2.45, 2.75) is 71.1 Å². The van der Waals surface area contributed by atoms with Gasteiger partial charge in [-0.15, -0.1) is 0 Å². The van der Waals surface area contributed by atoms with Gasteiger partial charge in [-0.05, 0) is 6.42 Å². The van der Waals surface area contributed by atoms with Gasteiger partial charge in [-0.1, -0.05) is 58.3 Å². The number of aldehydes is 1. The molecule has 0 spiro atoms. The Morgan fingerprint density at radius 3 is 1.44 bits per heavy atom. The first-order valence-corrected chi connectivity index (χ1v) is 5.85. The van der Waals surface area contributed by atoms with Gasteiger partial charge in [-0.25, -0.2) is 0 Å². The van der Waals surface area contributed by atoms with Crippen LogP contribution in [0.2, 0.25) is 0 Å². The molecular weight excluding hydrogens is 229 g/mol. The van der Waals surface area contributed by atoms with Gasteiger partial charge in [0.25, 0.3) is 0 Å². The minimum absolute atomic E-state index is 0. The minimum atomic E-state index is 0. The van der Waals surface area contributed by atoms with E-state index in [1.807, 2.05) is 0 Å².